The van der Waals surface area contributed by atoms with Crippen molar-refractivity contribution in [1.29, 1.82) is 0 Å². The monoisotopic (exact) mass is 295 g/mol. The van der Waals surface area contributed by atoms with Gasteiger partial charge in [0, 0.05) is 5.75 Å². The highest BCUT2D eigenvalue weighted by Gasteiger charge is 2.45. The average molecular weight is 296 g/mol. The lowest BCUT2D eigenvalue weighted by Gasteiger charge is -2.28. The van der Waals surface area contributed by atoms with Crippen LogP contribution in [0, 0.1) is 0 Å². The van der Waals surface area contributed by atoms with Crippen LogP contribution in [0.2, 0.25) is 0 Å². The van der Waals surface area contributed by atoms with Gasteiger partial charge in [0.15, 0.2) is 11.6 Å². The van der Waals surface area contributed by atoms with Crippen LogP contribution in [0.1, 0.15) is 27.2 Å². The van der Waals surface area contributed by atoms with Crippen molar-refractivity contribution in [3.05, 3.63) is 0 Å². The van der Waals surface area contributed by atoms with Crippen molar-refractivity contribution >= 4 is 35.4 Å². The van der Waals surface area contributed by atoms with Crippen LogP contribution in [0.5, 0.6) is 0 Å². The number of thioether (sulfide) groups is 1. The molecule has 0 spiro atoms. The van der Waals surface area contributed by atoms with E-state index in [0.717, 1.165) is 5.75 Å². The number of esters is 1. The summed E-state index contributed by atoms with van der Waals surface area (Å²) in [4.78, 5) is 23.6. The molecule has 104 valence electrons. The number of rotatable bonds is 3. The maximum Gasteiger partial charge on any atom is 0.408 e. The molecule has 18 heavy (non-hydrogen) atoms. The van der Waals surface area contributed by atoms with E-state index in [4.69, 9.17) is 21.1 Å². The molecule has 5 nitrogen and oxygen atoms in total. The first-order valence-corrected chi connectivity index (χ1v) is 7.30. The molecule has 0 aliphatic carbocycles. The normalized spacial score (nSPS) is 23.6. The third-order valence-corrected chi connectivity index (χ3v) is 3.64. The van der Waals surface area contributed by atoms with Crippen LogP contribution in [0.15, 0.2) is 0 Å². The molecule has 1 aliphatic heterocycles. The van der Waals surface area contributed by atoms with Gasteiger partial charge in [-0.25, -0.2) is 9.59 Å². The number of halogens is 1. The van der Waals surface area contributed by atoms with Crippen molar-refractivity contribution in [1.82, 2.24) is 5.32 Å². The number of carbonyl (C=O) groups is 2. The Hall–Kier alpha value is -0.620. The van der Waals surface area contributed by atoms with E-state index >= 15 is 0 Å². The molecule has 1 N–H and O–H groups in total. The zero-order chi connectivity index (χ0) is 13.8. The molecule has 0 saturated carbocycles. The summed E-state index contributed by atoms with van der Waals surface area (Å²) in [5, 5.41) is 2.62. The molecule has 0 bridgehead atoms. The van der Waals surface area contributed by atoms with Crippen LogP contribution >= 0.6 is 23.4 Å². The van der Waals surface area contributed by atoms with E-state index in [1.807, 2.05) is 0 Å². The highest BCUT2D eigenvalue weighted by atomic mass is 35.5. The Morgan fingerprint density at radius 3 is 2.56 bits per heavy atom. The standard InChI is InChI=1S/C11H18ClNO4S/c1-10(2,3)17-9(15)13-11(4-5-18-6-11)8(14)16-7-12/h4-7H2,1-3H3,(H,13,15). The fourth-order valence-corrected chi connectivity index (χ4v) is 2.98. The highest BCUT2D eigenvalue weighted by molar-refractivity contribution is 7.99. The Morgan fingerprint density at radius 1 is 1.44 bits per heavy atom. The third kappa shape index (κ3) is 4.24. The Morgan fingerprint density at radius 2 is 2.11 bits per heavy atom. The van der Waals surface area contributed by atoms with Gasteiger partial charge in [0.05, 0.1) is 0 Å². The Labute approximate surface area is 116 Å². The number of carbonyl (C=O) groups excluding carboxylic acids is 2. The fourth-order valence-electron chi connectivity index (χ4n) is 1.56. The lowest BCUT2D eigenvalue weighted by molar-refractivity contribution is -0.148. The number of hydrogen-bond acceptors (Lipinski definition) is 5. The van der Waals surface area contributed by atoms with E-state index in [1.165, 1.54) is 0 Å². The smallest absolute Gasteiger partial charge is 0.408 e. The minimum atomic E-state index is -1.01. The van der Waals surface area contributed by atoms with Crippen molar-refractivity contribution in [2.24, 2.45) is 0 Å². The second-order valence-corrected chi connectivity index (χ2v) is 6.38. The van der Waals surface area contributed by atoms with Gasteiger partial charge in [-0.2, -0.15) is 11.8 Å². The average Bonchev–Trinajstić information content (AvgIpc) is 2.64. The van der Waals surface area contributed by atoms with Crippen LogP contribution in [-0.4, -0.2) is 40.8 Å². The molecule has 1 aliphatic rings. The lowest BCUT2D eigenvalue weighted by Crippen LogP contribution is -2.56. The quantitative estimate of drug-likeness (QED) is 0.638. The molecule has 1 atom stereocenters. The number of nitrogens with one attached hydrogen (secondary N) is 1. The van der Waals surface area contributed by atoms with Crippen molar-refractivity contribution in [2.45, 2.75) is 38.3 Å². The van der Waals surface area contributed by atoms with Gasteiger partial charge < -0.3 is 14.8 Å². The van der Waals surface area contributed by atoms with E-state index in [1.54, 1.807) is 32.5 Å². The van der Waals surface area contributed by atoms with Crippen molar-refractivity contribution in [3.63, 3.8) is 0 Å². The fraction of sp³-hybridized carbons (Fsp3) is 0.818. The molecule has 1 amide bonds. The van der Waals surface area contributed by atoms with Gasteiger partial charge in [0.25, 0.3) is 0 Å². The molecule has 7 heteroatoms. The number of alkyl halides is 1. The minimum absolute atomic E-state index is 0.221. The van der Waals surface area contributed by atoms with Gasteiger partial charge in [-0.1, -0.05) is 11.6 Å². The van der Waals surface area contributed by atoms with Gasteiger partial charge in [-0.05, 0) is 32.9 Å². The Bertz CT molecular complexity index is 323. The van der Waals surface area contributed by atoms with E-state index in [9.17, 15) is 9.59 Å². The third-order valence-electron chi connectivity index (χ3n) is 2.34. The summed E-state index contributed by atoms with van der Waals surface area (Å²) in [7, 11) is 0. The van der Waals surface area contributed by atoms with Gasteiger partial charge >= 0.3 is 12.1 Å². The number of amides is 1. The number of ether oxygens (including phenoxy) is 2. The SMILES string of the molecule is CC(C)(C)OC(=O)NC1(C(=O)OCCl)CCSC1. The first-order chi connectivity index (χ1) is 8.29. The molecular weight excluding hydrogens is 278 g/mol. The Kier molecular flexibility index (Phi) is 5.16. The maximum absolute atomic E-state index is 11.9. The summed E-state index contributed by atoms with van der Waals surface area (Å²) in [6, 6.07) is -0.221. The van der Waals surface area contributed by atoms with Crippen LogP contribution in [0.25, 0.3) is 0 Å². The number of hydrogen-bond donors (Lipinski definition) is 1. The van der Waals surface area contributed by atoms with Crippen molar-refractivity contribution in [3.8, 4) is 0 Å². The summed E-state index contributed by atoms with van der Waals surface area (Å²) in [5.41, 5.74) is -1.62. The van der Waals surface area contributed by atoms with Crippen LogP contribution in [0.3, 0.4) is 0 Å². The van der Waals surface area contributed by atoms with Crippen molar-refractivity contribution in [2.75, 3.05) is 17.6 Å². The molecule has 0 aromatic rings. The van der Waals surface area contributed by atoms with E-state index in [-0.39, 0.29) is 6.07 Å². The molecule has 1 fully saturated rings. The van der Waals surface area contributed by atoms with Gasteiger partial charge in [0.1, 0.15) is 5.60 Å². The van der Waals surface area contributed by atoms with Crippen LogP contribution < -0.4 is 5.32 Å². The van der Waals surface area contributed by atoms with Gasteiger partial charge in [-0.15, -0.1) is 0 Å². The molecule has 1 unspecified atom stereocenters. The second kappa shape index (κ2) is 6.02. The molecule has 1 heterocycles. The van der Waals surface area contributed by atoms with Gasteiger partial charge in [-0.3, -0.25) is 0 Å². The predicted molar refractivity (Wildman–Crippen MR) is 70.9 cm³/mol. The van der Waals surface area contributed by atoms with Crippen LogP contribution in [-0.2, 0) is 14.3 Å². The molecule has 0 aromatic carbocycles. The van der Waals surface area contributed by atoms with E-state index in [2.05, 4.69) is 5.32 Å². The second-order valence-electron chi connectivity index (χ2n) is 5.05. The molecule has 1 saturated heterocycles. The van der Waals surface area contributed by atoms with Crippen LogP contribution in [0.4, 0.5) is 4.79 Å². The zero-order valence-electron chi connectivity index (χ0n) is 10.7. The summed E-state index contributed by atoms with van der Waals surface area (Å²) in [6.07, 6.45) is -0.0939. The summed E-state index contributed by atoms with van der Waals surface area (Å²) in [6.45, 7) is 5.29. The highest BCUT2D eigenvalue weighted by Crippen LogP contribution is 2.29. The van der Waals surface area contributed by atoms with Gasteiger partial charge in [0.2, 0.25) is 0 Å². The summed E-state index contributed by atoms with van der Waals surface area (Å²) >= 11 is 6.97. The van der Waals surface area contributed by atoms with E-state index < -0.39 is 23.2 Å². The molecule has 0 aromatic heterocycles. The topological polar surface area (TPSA) is 64.6 Å². The molecule has 0 radical (unpaired) electrons. The minimum Gasteiger partial charge on any atom is -0.448 e. The summed E-state index contributed by atoms with van der Waals surface area (Å²) < 4.78 is 9.96. The molecular formula is C11H18ClNO4S. The number of alkyl carbamates (subject to hydrolysis) is 1. The largest absolute Gasteiger partial charge is 0.448 e. The first kappa shape index (κ1) is 15.4. The Balaban J connectivity index is 2.69. The summed E-state index contributed by atoms with van der Waals surface area (Å²) in [5.74, 6) is 0.753. The molecule has 1 rings (SSSR count). The first-order valence-electron chi connectivity index (χ1n) is 5.61. The predicted octanol–water partition coefficient (Wildman–Crippen LogP) is 2.13. The maximum atomic E-state index is 11.9. The van der Waals surface area contributed by atoms with Crippen molar-refractivity contribution < 1.29 is 19.1 Å². The van der Waals surface area contributed by atoms with E-state index in [0.29, 0.717) is 12.2 Å². The lowest BCUT2D eigenvalue weighted by atomic mass is 9.99. The zero-order valence-corrected chi connectivity index (χ0v) is 12.3.